The number of hydrogen-bond donors (Lipinski definition) is 1. The summed E-state index contributed by atoms with van der Waals surface area (Å²) >= 11 is 7.39. The average molecular weight is 453 g/mol. The third-order valence-corrected chi connectivity index (χ3v) is 5.21. The van der Waals surface area contributed by atoms with Crippen molar-refractivity contribution in [2.24, 2.45) is 0 Å². The standard InChI is InChI=1S/C20H15ClF2N2O4S/c21-13-8-11(9-16-17(13)28-7-3-6-27-16)18(26)25-20-24-14(10-30-20)12-4-1-2-5-15(12)29-19(22)23/h1-2,4-5,8-10,19H,3,6-7H2,(H,24,25,26). The lowest BCUT2D eigenvalue weighted by atomic mass is 10.1. The van der Waals surface area contributed by atoms with Crippen molar-refractivity contribution in [3.8, 4) is 28.5 Å². The van der Waals surface area contributed by atoms with E-state index in [-0.39, 0.29) is 16.3 Å². The molecule has 0 atom stereocenters. The topological polar surface area (TPSA) is 69.7 Å². The molecular weight excluding hydrogens is 438 g/mol. The van der Waals surface area contributed by atoms with Gasteiger partial charge in [0.15, 0.2) is 16.6 Å². The molecule has 3 aromatic rings. The quantitative estimate of drug-likeness (QED) is 0.555. The van der Waals surface area contributed by atoms with Crippen LogP contribution in [0.25, 0.3) is 11.3 Å². The Kier molecular flexibility index (Phi) is 6.01. The summed E-state index contributed by atoms with van der Waals surface area (Å²) in [5.74, 6) is 0.386. The lowest BCUT2D eigenvalue weighted by Crippen LogP contribution is -2.12. The van der Waals surface area contributed by atoms with Crippen molar-refractivity contribution in [2.75, 3.05) is 18.5 Å². The normalized spacial score (nSPS) is 13.1. The first-order chi connectivity index (χ1) is 14.5. The number of amides is 1. The fourth-order valence-electron chi connectivity index (χ4n) is 2.86. The molecule has 0 saturated carbocycles. The van der Waals surface area contributed by atoms with Gasteiger partial charge in [-0.3, -0.25) is 10.1 Å². The van der Waals surface area contributed by atoms with Crippen molar-refractivity contribution >= 4 is 34.0 Å². The number of benzene rings is 2. The van der Waals surface area contributed by atoms with E-state index in [4.69, 9.17) is 21.1 Å². The van der Waals surface area contributed by atoms with Gasteiger partial charge in [0.1, 0.15) is 5.75 Å². The first kappa shape index (κ1) is 20.4. The average Bonchev–Trinajstić information content (AvgIpc) is 3.03. The van der Waals surface area contributed by atoms with Crippen molar-refractivity contribution in [3.63, 3.8) is 0 Å². The molecule has 6 nitrogen and oxygen atoms in total. The summed E-state index contributed by atoms with van der Waals surface area (Å²) in [7, 11) is 0. The predicted octanol–water partition coefficient (Wildman–Crippen LogP) is 5.48. The summed E-state index contributed by atoms with van der Waals surface area (Å²) in [5, 5.41) is 4.90. The van der Waals surface area contributed by atoms with Crippen LogP contribution in [0.1, 0.15) is 16.8 Å². The molecule has 0 saturated heterocycles. The van der Waals surface area contributed by atoms with Gasteiger partial charge < -0.3 is 14.2 Å². The third kappa shape index (κ3) is 4.47. The molecule has 1 aromatic heterocycles. The van der Waals surface area contributed by atoms with Crippen molar-refractivity contribution < 1.29 is 27.8 Å². The molecule has 0 fully saturated rings. The monoisotopic (exact) mass is 452 g/mol. The Bertz CT molecular complexity index is 1080. The number of nitrogens with one attached hydrogen (secondary N) is 1. The molecule has 0 radical (unpaired) electrons. The van der Waals surface area contributed by atoms with E-state index in [9.17, 15) is 13.6 Å². The number of para-hydroxylation sites is 1. The maximum absolute atomic E-state index is 12.7. The Labute approximate surface area is 179 Å². The Balaban J connectivity index is 1.54. The highest BCUT2D eigenvalue weighted by Crippen LogP contribution is 2.38. The second-order valence-electron chi connectivity index (χ2n) is 6.20. The van der Waals surface area contributed by atoms with E-state index in [1.165, 1.54) is 12.1 Å². The fraction of sp³-hybridized carbons (Fsp3) is 0.200. The summed E-state index contributed by atoms with van der Waals surface area (Å²) < 4.78 is 41.0. The second-order valence-corrected chi connectivity index (χ2v) is 7.47. The number of carbonyl (C=O) groups excluding carboxylic acids is 1. The largest absolute Gasteiger partial charge is 0.489 e. The molecule has 10 heteroatoms. The Hall–Kier alpha value is -2.91. The zero-order valence-electron chi connectivity index (χ0n) is 15.4. The second kappa shape index (κ2) is 8.85. The van der Waals surface area contributed by atoms with Gasteiger partial charge in [0.2, 0.25) is 0 Å². The molecular formula is C20H15ClF2N2O4S. The van der Waals surface area contributed by atoms with E-state index in [0.29, 0.717) is 47.5 Å². The molecule has 0 unspecified atom stereocenters. The van der Waals surface area contributed by atoms with Crippen molar-refractivity contribution in [2.45, 2.75) is 13.0 Å². The van der Waals surface area contributed by atoms with E-state index in [0.717, 1.165) is 11.3 Å². The van der Waals surface area contributed by atoms with Gasteiger partial charge in [0.25, 0.3) is 5.91 Å². The number of halogens is 3. The van der Waals surface area contributed by atoms with Crippen LogP contribution in [0, 0.1) is 0 Å². The van der Waals surface area contributed by atoms with Crippen LogP contribution in [0.5, 0.6) is 17.2 Å². The molecule has 1 aliphatic rings. The van der Waals surface area contributed by atoms with Crippen molar-refractivity contribution in [3.05, 3.63) is 52.4 Å². The SMILES string of the molecule is O=C(Nc1nc(-c2ccccc2OC(F)F)cs1)c1cc(Cl)c2c(c1)OCCCO2. The highest BCUT2D eigenvalue weighted by Gasteiger charge is 2.20. The van der Waals surface area contributed by atoms with Gasteiger partial charge in [0, 0.05) is 22.9 Å². The third-order valence-electron chi connectivity index (χ3n) is 4.17. The number of alkyl halides is 2. The van der Waals surface area contributed by atoms with E-state index in [1.807, 2.05) is 0 Å². The van der Waals surface area contributed by atoms with Gasteiger partial charge in [-0.15, -0.1) is 11.3 Å². The Morgan fingerprint density at radius 3 is 2.87 bits per heavy atom. The van der Waals surface area contributed by atoms with Gasteiger partial charge in [-0.2, -0.15) is 8.78 Å². The van der Waals surface area contributed by atoms with E-state index < -0.39 is 12.5 Å². The maximum Gasteiger partial charge on any atom is 0.387 e. The molecule has 1 amide bonds. The number of anilines is 1. The van der Waals surface area contributed by atoms with Gasteiger partial charge in [-0.25, -0.2) is 4.98 Å². The number of thiazole rings is 1. The molecule has 2 aromatic carbocycles. The smallest absolute Gasteiger partial charge is 0.387 e. The number of carbonyl (C=O) groups is 1. The Morgan fingerprint density at radius 2 is 2.03 bits per heavy atom. The van der Waals surface area contributed by atoms with Crippen LogP contribution in [0.15, 0.2) is 41.8 Å². The lowest BCUT2D eigenvalue weighted by molar-refractivity contribution is -0.0494. The number of fused-ring (bicyclic) bond motifs is 1. The van der Waals surface area contributed by atoms with Gasteiger partial charge in [-0.05, 0) is 24.3 Å². The van der Waals surface area contributed by atoms with E-state index in [2.05, 4.69) is 15.0 Å². The molecule has 30 heavy (non-hydrogen) atoms. The van der Waals surface area contributed by atoms with E-state index in [1.54, 1.807) is 29.6 Å². The summed E-state index contributed by atoms with van der Waals surface area (Å²) in [6, 6.07) is 9.36. The zero-order chi connectivity index (χ0) is 21.1. The summed E-state index contributed by atoms with van der Waals surface area (Å²) in [6.07, 6.45) is 0.713. The maximum atomic E-state index is 12.7. The highest BCUT2D eigenvalue weighted by molar-refractivity contribution is 7.14. The summed E-state index contributed by atoms with van der Waals surface area (Å²) in [4.78, 5) is 17.0. The first-order valence-corrected chi connectivity index (χ1v) is 10.2. The number of nitrogens with zero attached hydrogens (tertiary/aromatic N) is 1. The fourth-order valence-corrected chi connectivity index (χ4v) is 3.83. The van der Waals surface area contributed by atoms with Crippen LogP contribution < -0.4 is 19.5 Å². The van der Waals surface area contributed by atoms with Crippen LogP contribution >= 0.6 is 22.9 Å². The number of ether oxygens (including phenoxy) is 3. The van der Waals surface area contributed by atoms with Crippen LogP contribution in [0.3, 0.4) is 0 Å². The van der Waals surface area contributed by atoms with Crippen molar-refractivity contribution in [1.29, 1.82) is 0 Å². The molecule has 0 bridgehead atoms. The Morgan fingerprint density at radius 1 is 1.23 bits per heavy atom. The van der Waals surface area contributed by atoms with Crippen LogP contribution in [-0.4, -0.2) is 30.7 Å². The molecule has 156 valence electrons. The molecule has 2 heterocycles. The predicted molar refractivity (Wildman–Crippen MR) is 109 cm³/mol. The van der Waals surface area contributed by atoms with Gasteiger partial charge >= 0.3 is 6.61 Å². The van der Waals surface area contributed by atoms with Crippen molar-refractivity contribution in [1.82, 2.24) is 4.98 Å². The number of rotatable bonds is 5. The molecule has 0 aliphatic carbocycles. The number of aromatic nitrogens is 1. The lowest BCUT2D eigenvalue weighted by Gasteiger charge is -2.11. The number of hydrogen-bond acceptors (Lipinski definition) is 6. The minimum Gasteiger partial charge on any atom is -0.489 e. The summed E-state index contributed by atoms with van der Waals surface area (Å²) in [6.45, 7) is -2.01. The van der Waals surface area contributed by atoms with Gasteiger partial charge in [-0.1, -0.05) is 23.7 Å². The van der Waals surface area contributed by atoms with Crippen LogP contribution in [0.4, 0.5) is 13.9 Å². The minimum absolute atomic E-state index is 0.00496. The van der Waals surface area contributed by atoms with E-state index >= 15 is 0 Å². The molecule has 1 N–H and O–H groups in total. The summed E-state index contributed by atoms with van der Waals surface area (Å²) in [5.41, 5.74) is 1.08. The molecule has 1 aliphatic heterocycles. The first-order valence-electron chi connectivity index (χ1n) is 8.91. The molecule has 0 spiro atoms. The molecule has 4 rings (SSSR count). The van der Waals surface area contributed by atoms with Crippen LogP contribution in [0.2, 0.25) is 5.02 Å². The van der Waals surface area contributed by atoms with Crippen LogP contribution in [-0.2, 0) is 0 Å². The van der Waals surface area contributed by atoms with Gasteiger partial charge in [0.05, 0.1) is 23.9 Å². The minimum atomic E-state index is -2.95. The zero-order valence-corrected chi connectivity index (χ0v) is 16.9. The highest BCUT2D eigenvalue weighted by atomic mass is 35.5.